The number of aromatic nitrogens is 2. The van der Waals surface area contributed by atoms with Crippen molar-refractivity contribution in [3.63, 3.8) is 0 Å². The number of hydrazine groups is 1. The summed E-state index contributed by atoms with van der Waals surface area (Å²) in [5.41, 5.74) is 3.99. The van der Waals surface area contributed by atoms with Crippen molar-refractivity contribution in [2.75, 3.05) is 0 Å². The average molecular weight is 234 g/mol. The van der Waals surface area contributed by atoms with Crippen LogP contribution >= 0.6 is 0 Å². The summed E-state index contributed by atoms with van der Waals surface area (Å²) in [5, 5.41) is 4.16. The molecule has 0 fully saturated rings. The third kappa shape index (κ3) is 2.35. The molecule has 1 atom stereocenters. The summed E-state index contributed by atoms with van der Waals surface area (Å²) in [4.78, 5) is 0. The van der Waals surface area contributed by atoms with Gasteiger partial charge in [0.1, 0.15) is 5.82 Å². The quantitative estimate of drug-likeness (QED) is 0.624. The molecule has 3 N–H and O–H groups in total. The Hall–Kier alpha value is -1.72. The van der Waals surface area contributed by atoms with Crippen LogP contribution in [0, 0.1) is 5.82 Å². The number of nitrogens with one attached hydrogen (secondary N) is 1. The highest BCUT2D eigenvalue weighted by Crippen LogP contribution is 2.23. The molecule has 0 spiro atoms. The first-order chi connectivity index (χ1) is 8.26. The van der Waals surface area contributed by atoms with E-state index in [-0.39, 0.29) is 11.9 Å². The van der Waals surface area contributed by atoms with Crippen LogP contribution in [0.5, 0.6) is 0 Å². The zero-order chi connectivity index (χ0) is 12.3. The molecule has 0 bridgehead atoms. The van der Waals surface area contributed by atoms with E-state index in [2.05, 4.69) is 10.5 Å². The molecular formula is C12H15FN4. The lowest BCUT2D eigenvalue weighted by Crippen LogP contribution is -2.29. The van der Waals surface area contributed by atoms with E-state index in [1.807, 2.05) is 13.1 Å². The Bertz CT molecular complexity index is 495. The molecule has 4 nitrogen and oxygen atoms in total. The zero-order valence-electron chi connectivity index (χ0n) is 9.60. The molecule has 5 heteroatoms. The van der Waals surface area contributed by atoms with Gasteiger partial charge < -0.3 is 0 Å². The van der Waals surface area contributed by atoms with Crippen LogP contribution < -0.4 is 11.3 Å². The van der Waals surface area contributed by atoms with Crippen LogP contribution in [0.4, 0.5) is 4.39 Å². The molecule has 17 heavy (non-hydrogen) atoms. The Balaban J connectivity index is 2.36. The molecular weight excluding hydrogens is 219 g/mol. The van der Waals surface area contributed by atoms with E-state index in [9.17, 15) is 4.39 Å². The third-order valence-electron chi connectivity index (χ3n) is 2.69. The Kier molecular flexibility index (Phi) is 3.51. The highest BCUT2D eigenvalue weighted by Gasteiger charge is 2.17. The van der Waals surface area contributed by atoms with E-state index in [0.717, 1.165) is 12.1 Å². The number of aryl methyl sites for hydroxylation is 1. The third-order valence-corrected chi connectivity index (χ3v) is 2.69. The molecule has 0 aliphatic rings. The summed E-state index contributed by atoms with van der Waals surface area (Å²) in [6.45, 7) is 2.76. The van der Waals surface area contributed by atoms with Crippen molar-refractivity contribution in [2.24, 2.45) is 5.84 Å². The minimum absolute atomic E-state index is 0.278. The molecule has 0 aliphatic carbocycles. The highest BCUT2D eigenvalue weighted by atomic mass is 19.1. The maximum atomic E-state index is 13.7. The van der Waals surface area contributed by atoms with Crippen LogP contribution in [0.2, 0.25) is 0 Å². The fraction of sp³-hybridized carbons (Fsp3) is 0.250. The highest BCUT2D eigenvalue weighted by molar-refractivity contribution is 5.30. The smallest absolute Gasteiger partial charge is 0.128 e. The maximum Gasteiger partial charge on any atom is 0.128 e. The second-order valence-corrected chi connectivity index (χ2v) is 3.75. The van der Waals surface area contributed by atoms with Crippen LogP contribution in [0.1, 0.15) is 24.1 Å². The predicted octanol–water partition coefficient (Wildman–Crippen LogP) is 1.59. The molecule has 2 aromatic rings. The average Bonchev–Trinajstić information content (AvgIpc) is 2.81. The van der Waals surface area contributed by atoms with E-state index in [1.165, 1.54) is 6.07 Å². The SMILES string of the molecule is CCn1cc(C(NN)c2ccccc2F)cn1. The number of rotatable bonds is 4. The monoisotopic (exact) mass is 234 g/mol. The molecule has 1 unspecified atom stereocenters. The molecule has 0 amide bonds. The van der Waals surface area contributed by atoms with Gasteiger partial charge in [-0.3, -0.25) is 10.5 Å². The first-order valence-electron chi connectivity index (χ1n) is 5.49. The number of hydrogen-bond donors (Lipinski definition) is 2. The summed E-state index contributed by atoms with van der Waals surface area (Å²) >= 11 is 0. The van der Waals surface area contributed by atoms with Crippen molar-refractivity contribution in [1.29, 1.82) is 0 Å². The normalized spacial score (nSPS) is 12.6. The lowest BCUT2D eigenvalue weighted by molar-refractivity contribution is 0.559. The summed E-state index contributed by atoms with van der Waals surface area (Å²) in [6.07, 6.45) is 3.55. The topological polar surface area (TPSA) is 55.9 Å². The van der Waals surface area contributed by atoms with Gasteiger partial charge in [-0.25, -0.2) is 9.82 Å². The number of nitrogens with zero attached hydrogens (tertiary/aromatic N) is 2. The van der Waals surface area contributed by atoms with Gasteiger partial charge in [0, 0.05) is 23.9 Å². The maximum absolute atomic E-state index is 13.7. The van der Waals surface area contributed by atoms with Crippen molar-refractivity contribution in [3.8, 4) is 0 Å². The first-order valence-corrected chi connectivity index (χ1v) is 5.49. The van der Waals surface area contributed by atoms with Crippen molar-refractivity contribution >= 4 is 0 Å². The lowest BCUT2D eigenvalue weighted by atomic mass is 10.0. The van der Waals surface area contributed by atoms with Crippen LogP contribution in [-0.4, -0.2) is 9.78 Å². The van der Waals surface area contributed by atoms with Crippen molar-refractivity contribution in [1.82, 2.24) is 15.2 Å². The minimum Gasteiger partial charge on any atom is -0.273 e. The lowest BCUT2D eigenvalue weighted by Gasteiger charge is -2.15. The Morgan fingerprint density at radius 1 is 1.47 bits per heavy atom. The first kappa shape index (κ1) is 11.8. The summed E-state index contributed by atoms with van der Waals surface area (Å²) in [7, 11) is 0. The standard InChI is InChI=1S/C12H15FN4/c1-2-17-8-9(7-15-17)12(16-14)10-5-3-4-6-11(10)13/h3-8,12,16H,2,14H2,1H3. The van der Waals surface area contributed by atoms with Gasteiger partial charge in [0.15, 0.2) is 0 Å². The molecule has 90 valence electrons. The number of nitrogens with two attached hydrogens (primary N) is 1. The van der Waals surface area contributed by atoms with Gasteiger partial charge in [0.25, 0.3) is 0 Å². The molecule has 1 aromatic heterocycles. The van der Waals surface area contributed by atoms with Gasteiger partial charge >= 0.3 is 0 Å². The van der Waals surface area contributed by atoms with Crippen molar-refractivity contribution in [2.45, 2.75) is 19.5 Å². The summed E-state index contributed by atoms with van der Waals surface area (Å²) in [6, 6.07) is 6.19. The van der Waals surface area contributed by atoms with Gasteiger partial charge in [0.05, 0.1) is 12.2 Å². The molecule has 2 rings (SSSR count). The molecule has 0 aliphatic heterocycles. The van der Waals surface area contributed by atoms with E-state index in [0.29, 0.717) is 5.56 Å². The van der Waals surface area contributed by atoms with Crippen molar-refractivity contribution in [3.05, 3.63) is 53.6 Å². The number of halogens is 1. The molecule has 0 saturated heterocycles. The molecule has 1 heterocycles. The van der Waals surface area contributed by atoms with Gasteiger partial charge in [0.2, 0.25) is 0 Å². The van der Waals surface area contributed by atoms with Crippen LogP contribution in [0.25, 0.3) is 0 Å². The van der Waals surface area contributed by atoms with Crippen LogP contribution in [0.15, 0.2) is 36.7 Å². The predicted molar refractivity (Wildman–Crippen MR) is 63.5 cm³/mol. The van der Waals surface area contributed by atoms with Gasteiger partial charge in [-0.1, -0.05) is 18.2 Å². The van der Waals surface area contributed by atoms with Crippen LogP contribution in [-0.2, 0) is 6.54 Å². The zero-order valence-corrected chi connectivity index (χ0v) is 9.60. The van der Waals surface area contributed by atoms with Gasteiger partial charge in [-0.15, -0.1) is 0 Å². The fourth-order valence-electron chi connectivity index (χ4n) is 1.78. The summed E-state index contributed by atoms with van der Waals surface area (Å²) in [5.74, 6) is 5.22. The molecule has 0 radical (unpaired) electrons. The van der Waals surface area contributed by atoms with Crippen LogP contribution in [0.3, 0.4) is 0 Å². The van der Waals surface area contributed by atoms with E-state index < -0.39 is 0 Å². The second-order valence-electron chi connectivity index (χ2n) is 3.75. The number of benzene rings is 1. The van der Waals surface area contributed by atoms with E-state index in [4.69, 9.17) is 5.84 Å². The second kappa shape index (κ2) is 5.07. The summed E-state index contributed by atoms with van der Waals surface area (Å²) < 4.78 is 15.5. The van der Waals surface area contributed by atoms with E-state index in [1.54, 1.807) is 29.1 Å². The van der Waals surface area contributed by atoms with Crippen molar-refractivity contribution < 1.29 is 4.39 Å². The minimum atomic E-state index is -0.378. The molecule has 1 aromatic carbocycles. The Labute approximate surface area is 99.2 Å². The van der Waals surface area contributed by atoms with E-state index >= 15 is 0 Å². The van der Waals surface area contributed by atoms with Gasteiger partial charge in [-0.2, -0.15) is 5.10 Å². The Morgan fingerprint density at radius 2 is 2.24 bits per heavy atom. The largest absolute Gasteiger partial charge is 0.273 e. The Morgan fingerprint density at radius 3 is 2.82 bits per heavy atom. The molecule has 0 saturated carbocycles. The van der Waals surface area contributed by atoms with Gasteiger partial charge in [-0.05, 0) is 13.0 Å². The fourth-order valence-corrected chi connectivity index (χ4v) is 1.78. The number of hydrogen-bond acceptors (Lipinski definition) is 3.